The van der Waals surface area contributed by atoms with Crippen LogP contribution in [-0.4, -0.2) is 23.9 Å². The summed E-state index contributed by atoms with van der Waals surface area (Å²) < 4.78 is 0. The van der Waals surface area contributed by atoms with E-state index in [1.54, 1.807) is 12.1 Å². The molecule has 0 spiro atoms. The molecular weight excluding hydrogens is 256 g/mol. The first-order valence-corrected chi connectivity index (χ1v) is 6.72. The summed E-state index contributed by atoms with van der Waals surface area (Å²) in [5.74, 6) is -1.16. The summed E-state index contributed by atoms with van der Waals surface area (Å²) in [6.07, 6.45) is 3.87. The molecule has 1 fully saturated rings. The minimum Gasteiger partial charge on any atom is -0.382 e. The van der Waals surface area contributed by atoms with Gasteiger partial charge in [0.05, 0.1) is 0 Å². The molecule has 0 radical (unpaired) electrons. The number of anilines is 1. The zero-order valence-corrected chi connectivity index (χ0v) is 11.3. The second-order valence-corrected chi connectivity index (χ2v) is 5.28. The van der Waals surface area contributed by atoms with Crippen molar-refractivity contribution in [1.29, 1.82) is 0 Å². The second kappa shape index (κ2) is 5.92. The van der Waals surface area contributed by atoms with Crippen molar-refractivity contribution in [3.05, 3.63) is 29.3 Å². The van der Waals surface area contributed by atoms with Crippen LogP contribution in [0.15, 0.2) is 18.2 Å². The fourth-order valence-electron chi connectivity index (χ4n) is 2.49. The third-order valence-corrected chi connectivity index (χ3v) is 3.64. The third-order valence-electron chi connectivity index (χ3n) is 3.64. The molecule has 0 bridgehead atoms. The van der Waals surface area contributed by atoms with E-state index < -0.39 is 11.8 Å². The van der Waals surface area contributed by atoms with E-state index in [2.05, 4.69) is 5.32 Å². The van der Waals surface area contributed by atoms with Crippen molar-refractivity contribution in [3.8, 4) is 0 Å². The number of carbonyl (C=O) groups is 2. The average molecular weight is 276 g/mol. The molecule has 1 saturated carbocycles. The van der Waals surface area contributed by atoms with Crippen molar-refractivity contribution in [1.82, 2.24) is 0 Å². The Balaban J connectivity index is 2.18. The molecule has 1 aliphatic rings. The summed E-state index contributed by atoms with van der Waals surface area (Å²) in [6, 6.07) is 5.25. The van der Waals surface area contributed by atoms with Gasteiger partial charge < -0.3 is 22.5 Å². The monoisotopic (exact) mass is 276 g/mol. The van der Waals surface area contributed by atoms with Gasteiger partial charge in [-0.25, -0.2) is 0 Å². The predicted octanol–water partition coefficient (Wildman–Crippen LogP) is 0.566. The molecule has 2 rings (SSSR count). The summed E-state index contributed by atoms with van der Waals surface area (Å²) >= 11 is 0. The van der Waals surface area contributed by atoms with Gasteiger partial charge in [-0.1, -0.05) is 0 Å². The number of hydrogen-bond acceptors (Lipinski definition) is 4. The van der Waals surface area contributed by atoms with Crippen molar-refractivity contribution >= 4 is 17.5 Å². The Bertz CT molecular complexity index is 490. The van der Waals surface area contributed by atoms with Gasteiger partial charge >= 0.3 is 0 Å². The van der Waals surface area contributed by atoms with E-state index in [9.17, 15) is 9.59 Å². The highest BCUT2D eigenvalue weighted by Gasteiger charge is 2.19. The lowest BCUT2D eigenvalue weighted by molar-refractivity contribution is 0.0999. The number of amides is 2. The van der Waals surface area contributed by atoms with Gasteiger partial charge in [-0.05, 0) is 43.9 Å². The molecule has 7 N–H and O–H groups in total. The van der Waals surface area contributed by atoms with E-state index in [0.29, 0.717) is 11.7 Å². The fraction of sp³-hybridized carbons (Fsp3) is 0.429. The maximum absolute atomic E-state index is 11.3. The second-order valence-electron chi connectivity index (χ2n) is 5.28. The lowest BCUT2D eigenvalue weighted by atomic mass is 9.91. The number of primary amides is 2. The Morgan fingerprint density at radius 3 is 1.90 bits per heavy atom. The highest BCUT2D eigenvalue weighted by molar-refractivity contribution is 5.99. The molecule has 0 aliphatic heterocycles. The molecule has 1 aromatic rings. The molecule has 6 nitrogen and oxygen atoms in total. The Hall–Kier alpha value is -2.08. The van der Waals surface area contributed by atoms with Crippen LogP contribution in [0.5, 0.6) is 0 Å². The van der Waals surface area contributed by atoms with Gasteiger partial charge in [0.1, 0.15) is 0 Å². The maximum Gasteiger partial charge on any atom is 0.248 e. The van der Waals surface area contributed by atoms with Gasteiger partial charge in [0.15, 0.2) is 0 Å². The van der Waals surface area contributed by atoms with Crippen LogP contribution in [0.25, 0.3) is 0 Å². The van der Waals surface area contributed by atoms with Gasteiger partial charge in [0.2, 0.25) is 11.8 Å². The molecule has 108 valence electrons. The van der Waals surface area contributed by atoms with Crippen LogP contribution in [0.1, 0.15) is 46.4 Å². The van der Waals surface area contributed by atoms with Crippen LogP contribution in [0.3, 0.4) is 0 Å². The highest BCUT2D eigenvalue weighted by Crippen LogP contribution is 2.23. The molecule has 0 unspecified atom stereocenters. The summed E-state index contributed by atoms with van der Waals surface area (Å²) in [4.78, 5) is 22.6. The lowest BCUT2D eigenvalue weighted by Gasteiger charge is -2.27. The van der Waals surface area contributed by atoms with Crippen molar-refractivity contribution in [2.45, 2.75) is 37.8 Å². The molecule has 20 heavy (non-hydrogen) atoms. The zero-order chi connectivity index (χ0) is 14.7. The Morgan fingerprint density at radius 1 is 0.950 bits per heavy atom. The van der Waals surface area contributed by atoms with E-state index in [-0.39, 0.29) is 17.2 Å². The first-order valence-electron chi connectivity index (χ1n) is 6.72. The topological polar surface area (TPSA) is 124 Å². The first-order chi connectivity index (χ1) is 9.45. The molecule has 0 saturated heterocycles. The minimum atomic E-state index is -0.582. The Kier molecular flexibility index (Phi) is 4.24. The van der Waals surface area contributed by atoms with E-state index in [1.807, 2.05) is 0 Å². The quantitative estimate of drug-likeness (QED) is 0.641. The van der Waals surface area contributed by atoms with E-state index in [0.717, 1.165) is 25.7 Å². The minimum absolute atomic E-state index is 0.270. The molecular formula is C14H20N4O2. The molecule has 1 aliphatic carbocycles. The molecule has 0 heterocycles. The molecule has 0 aromatic heterocycles. The van der Waals surface area contributed by atoms with Gasteiger partial charge in [-0.2, -0.15) is 0 Å². The Labute approximate surface area is 117 Å². The third kappa shape index (κ3) is 3.48. The summed E-state index contributed by atoms with van der Waals surface area (Å²) in [5, 5.41) is 3.32. The normalized spacial score (nSPS) is 22.2. The van der Waals surface area contributed by atoms with Crippen molar-refractivity contribution in [2.75, 3.05) is 5.32 Å². The van der Waals surface area contributed by atoms with Crippen molar-refractivity contribution in [2.24, 2.45) is 17.2 Å². The maximum atomic E-state index is 11.3. The van der Waals surface area contributed by atoms with Crippen LogP contribution >= 0.6 is 0 Å². The SMILES string of the molecule is NC(=O)c1cc(NC2CCC(N)CC2)cc(C(N)=O)c1. The predicted molar refractivity (Wildman–Crippen MR) is 77.3 cm³/mol. The first kappa shape index (κ1) is 14.3. The zero-order valence-electron chi connectivity index (χ0n) is 11.3. The standard InChI is InChI=1S/C14H20N4O2/c15-10-1-3-11(4-2-10)18-12-6-8(13(16)19)5-9(7-12)14(17)20/h5-7,10-11,18H,1-4,15H2,(H2,16,19)(H2,17,20). The molecule has 6 heteroatoms. The molecule has 1 aromatic carbocycles. The number of hydrogen-bond donors (Lipinski definition) is 4. The van der Waals surface area contributed by atoms with E-state index in [1.165, 1.54) is 6.07 Å². The summed E-state index contributed by atoms with van der Waals surface area (Å²) in [7, 11) is 0. The summed E-state index contributed by atoms with van der Waals surface area (Å²) in [5.41, 5.74) is 17.6. The van der Waals surface area contributed by atoms with Gasteiger partial charge in [-0.3, -0.25) is 9.59 Å². The number of benzene rings is 1. The lowest BCUT2D eigenvalue weighted by Crippen LogP contribution is -2.33. The highest BCUT2D eigenvalue weighted by atomic mass is 16.1. The largest absolute Gasteiger partial charge is 0.382 e. The number of rotatable bonds is 4. The van der Waals surface area contributed by atoms with Crippen LogP contribution in [0, 0.1) is 0 Å². The Morgan fingerprint density at radius 2 is 1.45 bits per heavy atom. The number of nitrogens with two attached hydrogens (primary N) is 3. The summed E-state index contributed by atoms with van der Waals surface area (Å²) in [6.45, 7) is 0. The van der Waals surface area contributed by atoms with Crippen LogP contribution < -0.4 is 22.5 Å². The number of nitrogens with one attached hydrogen (secondary N) is 1. The fourth-order valence-corrected chi connectivity index (χ4v) is 2.49. The number of carbonyl (C=O) groups excluding carboxylic acids is 2. The average Bonchev–Trinajstić information content (AvgIpc) is 2.41. The smallest absolute Gasteiger partial charge is 0.248 e. The van der Waals surface area contributed by atoms with E-state index >= 15 is 0 Å². The molecule has 2 amide bonds. The van der Waals surface area contributed by atoms with E-state index in [4.69, 9.17) is 17.2 Å². The van der Waals surface area contributed by atoms with Gasteiger partial charge in [0.25, 0.3) is 0 Å². The van der Waals surface area contributed by atoms with Crippen LogP contribution in [0.2, 0.25) is 0 Å². The van der Waals surface area contributed by atoms with Gasteiger partial charge in [0, 0.05) is 28.9 Å². The van der Waals surface area contributed by atoms with Crippen molar-refractivity contribution in [3.63, 3.8) is 0 Å². The molecule has 0 atom stereocenters. The van der Waals surface area contributed by atoms with Crippen LogP contribution in [0.4, 0.5) is 5.69 Å². The van der Waals surface area contributed by atoms with Crippen LogP contribution in [-0.2, 0) is 0 Å². The van der Waals surface area contributed by atoms with Crippen molar-refractivity contribution < 1.29 is 9.59 Å². The van der Waals surface area contributed by atoms with Gasteiger partial charge in [-0.15, -0.1) is 0 Å².